The van der Waals surface area contributed by atoms with E-state index in [-0.39, 0.29) is 16.0 Å². The SMILES string of the molecule is COC(=O)c1cnc(N(Cc2ccccc2)Cc2ccccc2)c2c1cc(-c1cccc(-n3ccc(C)n3)c1)n2S(=O)(=O)c1ccccc1. The molecule has 0 radical (unpaired) electrons. The number of methoxy groups -OCH3 is 1. The van der Waals surface area contributed by atoms with E-state index >= 15 is 0 Å². The Morgan fingerprint density at radius 3 is 2.02 bits per heavy atom. The highest BCUT2D eigenvalue weighted by Gasteiger charge is 2.30. The van der Waals surface area contributed by atoms with Crippen molar-refractivity contribution in [2.75, 3.05) is 12.0 Å². The van der Waals surface area contributed by atoms with E-state index in [4.69, 9.17) is 9.72 Å². The van der Waals surface area contributed by atoms with E-state index in [9.17, 15) is 13.2 Å². The first-order valence-electron chi connectivity index (χ1n) is 15.7. The molecule has 0 N–H and O–H groups in total. The van der Waals surface area contributed by atoms with Crippen LogP contribution in [-0.2, 0) is 27.8 Å². The Morgan fingerprint density at radius 1 is 0.796 bits per heavy atom. The molecule has 7 aromatic rings. The van der Waals surface area contributed by atoms with E-state index in [0.717, 1.165) is 22.5 Å². The van der Waals surface area contributed by atoms with Crippen molar-refractivity contribution in [3.63, 3.8) is 0 Å². The highest BCUT2D eigenvalue weighted by Crippen LogP contribution is 2.39. The van der Waals surface area contributed by atoms with Gasteiger partial charge in [0.2, 0.25) is 0 Å². The van der Waals surface area contributed by atoms with Crippen molar-refractivity contribution in [1.29, 1.82) is 0 Å². The average Bonchev–Trinajstić information content (AvgIpc) is 3.77. The van der Waals surface area contributed by atoms with Crippen LogP contribution in [0.5, 0.6) is 0 Å². The summed E-state index contributed by atoms with van der Waals surface area (Å²) in [6, 6.07) is 39.3. The van der Waals surface area contributed by atoms with Gasteiger partial charge in [0.25, 0.3) is 10.0 Å². The molecule has 0 aliphatic heterocycles. The zero-order valence-corrected chi connectivity index (χ0v) is 27.8. The van der Waals surface area contributed by atoms with Gasteiger partial charge in [-0.25, -0.2) is 26.9 Å². The number of rotatable bonds is 10. The maximum absolute atomic E-state index is 14.9. The van der Waals surface area contributed by atoms with Crippen LogP contribution < -0.4 is 4.90 Å². The summed E-state index contributed by atoms with van der Waals surface area (Å²) in [6.45, 7) is 2.76. The number of benzene rings is 4. The number of carbonyl (C=O) groups excluding carboxylic acids is 1. The quantitative estimate of drug-likeness (QED) is 0.140. The van der Waals surface area contributed by atoms with Gasteiger partial charge >= 0.3 is 5.97 Å². The van der Waals surface area contributed by atoms with Crippen LogP contribution in [-0.4, -0.2) is 40.2 Å². The summed E-state index contributed by atoms with van der Waals surface area (Å²) < 4.78 is 38.0. The number of esters is 1. The van der Waals surface area contributed by atoms with Gasteiger partial charge in [-0.05, 0) is 54.4 Å². The molecular weight excluding hydrogens is 635 g/mol. The molecule has 0 saturated carbocycles. The molecule has 0 saturated heterocycles. The molecule has 0 spiro atoms. The maximum atomic E-state index is 14.9. The molecule has 0 atom stereocenters. The van der Waals surface area contributed by atoms with Gasteiger partial charge in [0.15, 0.2) is 5.82 Å². The van der Waals surface area contributed by atoms with Gasteiger partial charge in [-0.3, -0.25) is 0 Å². The molecule has 4 aromatic carbocycles. The fourth-order valence-electron chi connectivity index (χ4n) is 6.00. The van der Waals surface area contributed by atoms with Crippen molar-refractivity contribution in [2.45, 2.75) is 24.9 Å². The number of nitrogens with zero attached hydrogens (tertiary/aromatic N) is 5. The standard InChI is InChI=1S/C39H33N5O4S/c1-28-21-22-43(41-28)32-18-12-17-31(23-32)36-24-34-35(39(45)48-2)25-40-38(37(34)44(36)49(46,47)33-19-10-5-11-20-33)42(26-29-13-6-3-7-14-29)27-30-15-8-4-9-16-30/h3-25H,26-27H2,1-2H3. The van der Waals surface area contributed by atoms with E-state index in [2.05, 4.69) is 5.10 Å². The average molecular weight is 668 g/mol. The van der Waals surface area contributed by atoms with Crippen LogP contribution in [0.4, 0.5) is 5.82 Å². The number of aryl methyl sites for hydroxylation is 1. The number of hydrogen-bond donors (Lipinski definition) is 0. The van der Waals surface area contributed by atoms with Gasteiger partial charge in [0, 0.05) is 36.4 Å². The molecule has 0 amide bonds. The summed E-state index contributed by atoms with van der Waals surface area (Å²) in [5.74, 6) is -0.219. The molecule has 0 bridgehead atoms. The summed E-state index contributed by atoms with van der Waals surface area (Å²) >= 11 is 0. The second kappa shape index (κ2) is 13.2. The van der Waals surface area contributed by atoms with Crippen molar-refractivity contribution < 1.29 is 17.9 Å². The summed E-state index contributed by atoms with van der Waals surface area (Å²) in [7, 11) is -2.95. The Balaban J connectivity index is 1.55. The van der Waals surface area contributed by atoms with Crippen molar-refractivity contribution in [3.8, 4) is 16.9 Å². The molecule has 244 valence electrons. The first kappa shape index (κ1) is 31.6. The summed E-state index contributed by atoms with van der Waals surface area (Å²) in [6.07, 6.45) is 3.33. The van der Waals surface area contributed by atoms with Gasteiger partial charge < -0.3 is 9.64 Å². The molecule has 0 unspecified atom stereocenters. The molecular formula is C39H33N5O4S. The lowest BCUT2D eigenvalue weighted by molar-refractivity contribution is 0.0602. The monoisotopic (exact) mass is 667 g/mol. The summed E-state index contributed by atoms with van der Waals surface area (Å²) in [5.41, 5.74) is 5.02. The highest BCUT2D eigenvalue weighted by molar-refractivity contribution is 7.90. The number of carbonyl (C=O) groups is 1. The predicted octanol–water partition coefficient (Wildman–Crippen LogP) is 7.43. The van der Waals surface area contributed by atoms with Crippen molar-refractivity contribution in [2.24, 2.45) is 0 Å². The molecule has 10 heteroatoms. The molecule has 7 rings (SSSR count). The minimum atomic E-state index is -4.25. The van der Waals surface area contributed by atoms with Crippen LogP contribution >= 0.6 is 0 Å². The zero-order valence-electron chi connectivity index (χ0n) is 27.0. The van der Waals surface area contributed by atoms with Gasteiger partial charge in [-0.15, -0.1) is 0 Å². The zero-order chi connectivity index (χ0) is 34.0. The van der Waals surface area contributed by atoms with E-state index in [1.807, 2.05) is 109 Å². The maximum Gasteiger partial charge on any atom is 0.340 e. The van der Waals surface area contributed by atoms with Crippen LogP contribution in [0.3, 0.4) is 0 Å². The molecule has 3 heterocycles. The van der Waals surface area contributed by atoms with Crippen LogP contribution in [0.15, 0.2) is 145 Å². The topological polar surface area (TPSA) is 99.3 Å². The lowest BCUT2D eigenvalue weighted by Crippen LogP contribution is -2.25. The van der Waals surface area contributed by atoms with Gasteiger partial charge in [-0.1, -0.05) is 91.0 Å². The second-order valence-electron chi connectivity index (χ2n) is 11.6. The number of anilines is 1. The molecule has 0 aliphatic carbocycles. The van der Waals surface area contributed by atoms with Crippen molar-refractivity contribution >= 4 is 32.7 Å². The Labute approximate surface area is 284 Å². The first-order valence-corrected chi connectivity index (χ1v) is 17.2. The first-order chi connectivity index (χ1) is 23.8. The molecule has 49 heavy (non-hydrogen) atoms. The molecule has 9 nitrogen and oxygen atoms in total. The fourth-order valence-corrected chi connectivity index (χ4v) is 7.55. The molecule has 0 aliphatic rings. The number of ether oxygens (including phenoxy) is 1. The third-order valence-corrected chi connectivity index (χ3v) is 10.1. The van der Waals surface area contributed by atoms with E-state index in [0.29, 0.717) is 35.6 Å². The largest absolute Gasteiger partial charge is 0.465 e. The van der Waals surface area contributed by atoms with E-state index < -0.39 is 16.0 Å². The number of aromatic nitrogens is 4. The number of fused-ring (bicyclic) bond motifs is 1. The van der Waals surface area contributed by atoms with Crippen molar-refractivity contribution in [3.05, 3.63) is 162 Å². The van der Waals surface area contributed by atoms with E-state index in [1.54, 1.807) is 41.1 Å². The minimum Gasteiger partial charge on any atom is -0.465 e. The molecule has 3 aromatic heterocycles. The Morgan fingerprint density at radius 2 is 1.43 bits per heavy atom. The summed E-state index contributed by atoms with van der Waals surface area (Å²) in [4.78, 5) is 20.2. The predicted molar refractivity (Wildman–Crippen MR) is 190 cm³/mol. The van der Waals surface area contributed by atoms with Crippen LogP contribution in [0, 0.1) is 6.92 Å². The fraction of sp³-hybridized carbons (Fsp3) is 0.103. The Kier molecular flexibility index (Phi) is 8.54. The highest BCUT2D eigenvalue weighted by atomic mass is 32.2. The van der Waals surface area contributed by atoms with E-state index in [1.165, 1.54) is 17.3 Å². The third-order valence-electron chi connectivity index (χ3n) is 8.32. The van der Waals surface area contributed by atoms with Crippen LogP contribution in [0.25, 0.3) is 27.8 Å². The Bertz CT molecular complexity index is 2330. The normalized spacial score (nSPS) is 11.5. The van der Waals surface area contributed by atoms with Gasteiger partial charge in [0.05, 0.1) is 34.6 Å². The number of pyridine rings is 1. The number of hydrogen-bond acceptors (Lipinski definition) is 7. The smallest absolute Gasteiger partial charge is 0.340 e. The lowest BCUT2D eigenvalue weighted by atomic mass is 10.1. The summed E-state index contributed by atoms with van der Waals surface area (Å²) in [5, 5.41) is 4.96. The van der Waals surface area contributed by atoms with Crippen LogP contribution in [0.2, 0.25) is 0 Å². The van der Waals surface area contributed by atoms with Gasteiger partial charge in [0.1, 0.15) is 5.52 Å². The lowest BCUT2D eigenvalue weighted by Gasteiger charge is -2.26. The minimum absolute atomic E-state index is 0.0969. The third kappa shape index (κ3) is 6.21. The van der Waals surface area contributed by atoms with Gasteiger partial charge in [-0.2, -0.15) is 5.10 Å². The second-order valence-corrected chi connectivity index (χ2v) is 13.4. The molecule has 0 fully saturated rings. The van der Waals surface area contributed by atoms with Crippen molar-refractivity contribution in [1.82, 2.24) is 18.7 Å². The Hall–Kier alpha value is -6.00. The van der Waals surface area contributed by atoms with Crippen LogP contribution in [0.1, 0.15) is 27.2 Å².